The Morgan fingerprint density at radius 1 is 0.885 bits per heavy atom. The first-order valence-corrected chi connectivity index (χ1v) is 10.2. The number of benzene rings is 2. The molecule has 0 aliphatic carbocycles. The summed E-state index contributed by atoms with van der Waals surface area (Å²) in [5.41, 5.74) is 0.651. The Kier molecular flexibility index (Phi) is 5.31. The second-order valence-electron chi connectivity index (χ2n) is 6.62. The van der Waals surface area contributed by atoms with E-state index in [0.29, 0.717) is 0 Å². The summed E-state index contributed by atoms with van der Waals surface area (Å²) in [4.78, 5) is 1.13. The molecule has 138 valence electrons. The molecule has 2 fully saturated rings. The molecule has 4 rings (SSSR count). The topological polar surface area (TPSA) is 79.2 Å². The summed E-state index contributed by atoms with van der Waals surface area (Å²) in [5, 5.41) is 30.4. The van der Waals surface area contributed by atoms with Gasteiger partial charge in [0.2, 0.25) is 0 Å². The van der Waals surface area contributed by atoms with Crippen LogP contribution >= 0.6 is 0 Å². The summed E-state index contributed by atoms with van der Waals surface area (Å²) in [5.74, 6) is 0.732. The largest absolute Gasteiger partial charge is 0.394 e. The number of aliphatic hydroxyl groups is 3. The Morgan fingerprint density at radius 2 is 1.54 bits per heavy atom. The highest BCUT2D eigenvalue weighted by Crippen LogP contribution is 2.41. The zero-order valence-electron chi connectivity index (χ0n) is 14.2. The van der Waals surface area contributed by atoms with Crippen LogP contribution in [0.4, 0.5) is 0 Å². The van der Waals surface area contributed by atoms with E-state index in [0.717, 1.165) is 16.2 Å². The minimum atomic E-state index is -1.17. The molecule has 2 saturated heterocycles. The van der Waals surface area contributed by atoms with Gasteiger partial charge in [-0.15, -0.1) is 0 Å². The Hall–Kier alpha value is -1.41. The first-order chi connectivity index (χ1) is 12.7. The van der Waals surface area contributed by atoms with E-state index in [-0.39, 0.29) is 23.6 Å². The molecule has 26 heavy (non-hydrogen) atoms. The number of fused-ring (bicyclic) bond motifs is 1. The van der Waals surface area contributed by atoms with Crippen LogP contribution in [0.1, 0.15) is 11.7 Å². The molecular weight excluding hydrogens is 352 g/mol. The zero-order valence-corrected chi connectivity index (χ0v) is 15.0. The first kappa shape index (κ1) is 18.0. The lowest BCUT2D eigenvalue weighted by atomic mass is 9.99. The van der Waals surface area contributed by atoms with Crippen molar-refractivity contribution in [3.05, 3.63) is 66.2 Å². The lowest BCUT2D eigenvalue weighted by molar-refractivity contribution is -0.233. The van der Waals surface area contributed by atoms with Crippen LogP contribution in [0, 0.1) is 0 Å². The molecule has 2 aromatic rings. The molecule has 3 N–H and O–H groups in total. The highest BCUT2D eigenvalue weighted by atomic mass is 32.2. The van der Waals surface area contributed by atoms with Gasteiger partial charge in [-0.25, -0.2) is 0 Å². The fraction of sp³-hybridized carbons (Fsp3) is 0.400. The smallest absolute Gasteiger partial charge is 0.253 e. The number of hydrogen-bond donors (Lipinski definition) is 3. The van der Waals surface area contributed by atoms with Crippen molar-refractivity contribution in [3.63, 3.8) is 0 Å². The maximum atomic E-state index is 10.6. The number of aliphatic hydroxyl groups excluding tert-OH is 3. The van der Waals surface area contributed by atoms with Gasteiger partial charge in [-0.2, -0.15) is 0 Å². The fourth-order valence-electron chi connectivity index (χ4n) is 3.59. The lowest BCUT2D eigenvalue weighted by Gasteiger charge is -2.44. The van der Waals surface area contributed by atoms with Crippen molar-refractivity contribution in [3.8, 4) is 0 Å². The summed E-state index contributed by atoms with van der Waals surface area (Å²) in [6, 6.07) is 20.0. The molecule has 7 atom stereocenters. The van der Waals surface area contributed by atoms with Crippen molar-refractivity contribution < 1.29 is 24.8 Å². The maximum Gasteiger partial charge on any atom is 0.253 e. The monoisotopic (exact) mass is 375 g/mol. The van der Waals surface area contributed by atoms with Gasteiger partial charge in [-0.05, 0) is 17.7 Å². The van der Waals surface area contributed by atoms with Crippen LogP contribution in [0.25, 0.3) is 0 Å². The molecule has 0 saturated carbocycles. The first-order valence-electron chi connectivity index (χ1n) is 8.76. The highest BCUT2D eigenvalue weighted by molar-refractivity contribution is 7.97. The third-order valence-electron chi connectivity index (χ3n) is 4.97. The third kappa shape index (κ3) is 3.29. The summed E-state index contributed by atoms with van der Waals surface area (Å²) in [7, 11) is -0.342. The Bertz CT molecular complexity index is 713. The molecule has 2 aliphatic heterocycles. The zero-order chi connectivity index (χ0) is 18.1. The summed E-state index contributed by atoms with van der Waals surface area (Å²) >= 11 is 0. The van der Waals surface area contributed by atoms with Crippen molar-refractivity contribution in [2.75, 3.05) is 12.4 Å². The SMILES string of the molecule is OCC1O[C@@H]2C(OC(c3ccccc3)C[S+]2c2ccccc2)C(O)[C@@H]1O. The normalized spacial score (nSPS) is 37.1. The molecule has 2 heterocycles. The van der Waals surface area contributed by atoms with Crippen LogP contribution in [0.5, 0.6) is 0 Å². The second-order valence-corrected chi connectivity index (χ2v) is 8.74. The van der Waals surface area contributed by atoms with Gasteiger partial charge >= 0.3 is 0 Å². The molecule has 6 heteroatoms. The Balaban J connectivity index is 1.70. The van der Waals surface area contributed by atoms with Gasteiger partial charge < -0.3 is 24.8 Å². The van der Waals surface area contributed by atoms with Crippen LogP contribution in [0.15, 0.2) is 65.6 Å². The van der Waals surface area contributed by atoms with Gasteiger partial charge in [0.15, 0.2) is 11.0 Å². The van der Waals surface area contributed by atoms with Crippen molar-refractivity contribution >= 4 is 10.9 Å². The van der Waals surface area contributed by atoms with Gasteiger partial charge in [0.25, 0.3) is 5.44 Å². The minimum absolute atomic E-state index is 0.183. The van der Waals surface area contributed by atoms with Crippen molar-refractivity contribution in [1.29, 1.82) is 0 Å². The van der Waals surface area contributed by atoms with Gasteiger partial charge in [-0.1, -0.05) is 48.5 Å². The van der Waals surface area contributed by atoms with Crippen LogP contribution in [0.2, 0.25) is 0 Å². The molecule has 5 nitrogen and oxygen atoms in total. The molecule has 0 amide bonds. The Morgan fingerprint density at radius 3 is 2.19 bits per heavy atom. The molecule has 0 aromatic heterocycles. The van der Waals surface area contributed by atoms with Crippen LogP contribution < -0.4 is 0 Å². The van der Waals surface area contributed by atoms with E-state index in [2.05, 4.69) is 12.1 Å². The molecule has 0 bridgehead atoms. The highest BCUT2D eigenvalue weighted by Gasteiger charge is 2.57. The predicted octanol–water partition coefficient (Wildman–Crippen LogP) is 1.24. The van der Waals surface area contributed by atoms with Crippen LogP contribution in [-0.2, 0) is 20.4 Å². The molecule has 0 spiro atoms. The van der Waals surface area contributed by atoms with Gasteiger partial charge in [0.05, 0.1) is 17.5 Å². The number of hydrogen-bond acceptors (Lipinski definition) is 5. The molecular formula is C20H23O5S+. The predicted molar refractivity (Wildman–Crippen MR) is 98.8 cm³/mol. The molecule has 0 radical (unpaired) electrons. The summed E-state index contributed by atoms with van der Waals surface area (Å²) in [6.45, 7) is -0.338. The van der Waals surface area contributed by atoms with E-state index in [1.165, 1.54) is 0 Å². The van der Waals surface area contributed by atoms with Crippen molar-refractivity contribution in [2.24, 2.45) is 0 Å². The maximum absolute atomic E-state index is 10.6. The van der Waals surface area contributed by atoms with Gasteiger partial charge in [-0.3, -0.25) is 0 Å². The number of ether oxygens (including phenoxy) is 2. The summed E-state index contributed by atoms with van der Waals surface area (Å²) < 4.78 is 12.2. The standard InChI is InChI=1S/C20H23O5S/c21-11-15-17(22)18(23)19-20(25-15)26(14-9-5-2-6-10-14)12-16(24-19)13-7-3-1-4-8-13/h1-10,15-23H,11-12H2/q+1/t15?,16?,17-,18?,19?,20+,26?/m1/s1. The van der Waals surface area contributed by atoms with Crippen molar-refractivity contribution in [1.82, 2.24) is 0 Å². The second kappa shape index (κ2) is 7.68. The van der Waals surface area contributed by atoms with Gasteiger partial charge in [0, 0.05) is 0 Å². The Labute approximate surface area is 155 Å². The summed E-state index contributed by atoms with van der Waals surface area (Å²) in [6.07, 6.45) is -3.90. The minimum Gasteiger partial charge on any atom is -0.394 e. The third-order valence-corrected chi connectivity index (χ3v) is 7.45. The van der Waals surface area contributed by atoms with Crippen molar-refractivity contribution in [2.45, 2.75) is 40.9 Å². The average Bonchev–Trinajstić information content (AvgIpc) is 2.71. The van der Waals surface area contributed by atoms with Crippen LogP contribution in [0.3, 0.4) is 0 Å². The van der Waals surface area contributed by atoms with E-state index < -0.39 is 29.9 Å². The van der Waals surface area contributed by atoms with Gasteiger partial charge in [0.1, 0.15) is 30.2 Å². The van der Waals surface area contributed by atoms with E-state index in [1.54, 1.807) is 0 Å². The molecule has 2 aliphatic rings. The molecule has 2 aromatic carbocycles. The lowest BCUT2D eigenvalue weighted by Crippen LogP contribution is -2.64. The fourth-order valence-corrected chi connectivity index (χ4v) is 6.17. The number of rotatable bonds is 3. The van der Waals surface area contributed by atoms with E-state index in [4.69, 9.17) is 9.47 Å². The average molecular weight is 375 g/mol. The quantitative estimate of drug-likeness (QED) is 0.704. The van der Waals surface area contributed by atoms with E-state index >= 15 is 0 Å². The van der Waals surface area contributed by atoms with E-state index in [1.807, 2.05) is 48.5 Å². The molecule has 5 unspecified atom stereocenters. The van der Waals surface area contributed by atoms with Crippen LogP contribution in [-0.4, -0.2) is 57.5 Å². The van der Waals surface area contributed by atoms with E-state index in [9.17, 15) is 15.3 Å².